The lowest BCUT2D eigenvalue weighted by Gasteiger charge is -2.11. The maximum Gasteiger partial charge on any atom is 0.100 e. The summed E-state index contributed by atoms with van der Waals surface area (Å²) in [4.78, 5) is 3.24. The van der Waals surface area contributed by atoms with Crippen molar-refractivity contribution in [3.8, 4) is 6.07 Å². The topological polar surface area (TPSA) is 39.1 Å². The Morgan fingerprint density at radius 1 is 1.35 bits per heavy atom. The standard InChI is InChI=1S/C16H25N3S/c1-13(2)11-18-12-14-5-6-16(15(9-14)10-17)20-8-7-19(3)4/h5-6,9,13,18H,7-8,11-12H2,1-4H3. The van der Waals surface area contributed by atoms with Gasteiger partial charge in [0.1, 0.15) is 6.07 Å². The van der Waals surface area contributed by atoms with Crippen LogP contribution in [0.4, 0.5) is 0 Å². The largest absolute Gasteiger partial charge is 0.312 e. The molecular formula is C16H25N3S. The molecule has 0 aliphatic carbocycles. The molecule has 1 aromatic rings. The molecule has 1 N–H and O–H groups in total. The van der Waals surface area contributed by atoms with Crippen LogP contribution in [-0.2, 0) is 6.54 Å². The fraction of sp³-hybridized carbons (Fsp3) is 0.562. The van der Waals surface area contributed by atoms with Gasteiger partial charge in [-0.25, -0.2) is 0 Å². The molecule has 1 aromatic carbocycles. The number of nitriles is 1. The van der Waals surface area contributed by atoms with Gasteiger partial charge in [0.25, 0.3) is 0 Å². The van der Waals surface area contributed by atoms with E-state index >= 15 is 0 Å². The van der Waals surface area contributed by atoms with Gasteiger partial charge in [-0.15, -0.1) is 11.8 Å². The minimum atomic E-state index is 0.645. The third kappa shape index (κ3) is 6.42. The molecule has 0 fully saturated rings. The second-order valence-corrected chi connectivity index (χ2v) is 6.76. The van der Waals surface area contributed by atoms with Crippen molar-refractivity contribution in [3.05, 3.63) is 29.3 Å². The first-order chi connectivity index (χ1) is 9.52. The Balaban J connectivity index is 2.59. The van der Waals surface area contributed by atoms with Gasteiger partial charge in [0.15, 0.2) is 0 Å². The number of hydrogen-bond acceptors (Lipinski definition) is 4. The summed E-state index contributed by atoms with van der Waals surface area (Å²) in [5, 5.41) is 12.7. The van der Waals surface area contributed by atoms with E-state index in [0.717, 1.165) is 35.8 Å². The number of hydrogen-bond donors (Lipinski definition) is 1. The van der Waals surface area contributed by atoms with Crippen LogP contribution in [0.5, 0.6) is 0 Å². The third-order valence-electron chi connectivity index (χ3n) is 2.84. The molecule has 0 radical (unpaired) electrons. The first kappa shape index (κ1) is 17.0. The van der Waals surface area contributed by atoms with Gasteiger partial charge in [-0.1, -0.05) is 19.9 Å². The molecule has 0 atom stereocenters. The average molecular weight is 291 g/mol. The predicted molar refractivity (Wildman–Crippen MR) is 87.0 cm³/mol. The van der Waals surface area contributed by atoms with E-state index in [1.54, 1.807) is 11.8 Å². The maximum absolute atomic E-state index is 9.27. The Labute approximate surface area is 127 Å². The maximum atomic E-state index is 9.27. The zero-order valence-corrected chi connectivity index (χ0v) is 13.8. The number of nitrogens with zero attached hydrogens (tertiary/aromatic N) is 2. The smallest absolute Gasteiger partial charge is 0.100 e. The van der Waals surface area contributed by atoms with Crippen molar-refractivity contribution < 1.29 is 0 Å². The van der Waals surface area contributed by atoms with Gasteiger partial charge >= 0.3 is 0 Å². The highest BCUT2D eigenvalue weighted by atomic mass is 32.2. The van der Waals surface area contributed by atoms with E-state index in [0.29, 0.717) is 5.92 Å². The van der Waals surface area contributed by atoms with Crippen LogP contribution < -0.4 is 5.32 Å². The normalized spacial score (nSPS) is 11.1. The third-order valence-corrected chi connectivity index (χ3v) is 3.90. The predicted octanol–water partition coefficient (Wildman–Crippen LogP) is 2.96. The van der Waals surface area contributed by atoms with Crippen LogP contribution in [0.25, 0.3) is 0 Å². The molecule has 0 amide bonds. The highest BCUT2D eigenvalue weighted by Gasteiger charge is 2.05. The Bertz CT molecular complexity index is 450. The van der Waals surface area contributed by atoms with Gasteiger partial charge in [0.2, 0.25) is 0 Å². The molecule has 0 spiro atoms. The van der Waals surface area contributed by atoms with Crippen LogP contribution >= 0.6 is 11.8 Å². The minimum Gasteiger partial charge on any atom is -0.312 e. The molecule has 3 nitrogen and oxygen atoms in total. The van der Waals surface area contributed by atoms with Crippen molar-refractivity contribution in [1.29, 1.82) is 5.26 Å². The Kier molecular flexibility index (Phi) is 7.68. The summed E-state index contributed by atoms with van der Waals surface area (Å²) in [5.41, 5.74) is 1.97. The summed E-state index contributed by atoms with van der Waals surface area (Å²) < 4.78 is 0. The molecule has 0 aromatic heterocycles. The van der Waals surface area contributed by atoms with Gasteiger partial charge in [0.05, 0.1) is 5.56 Å². The van der Waals surface area contributed by atoms with Crippen LogP contribution in [0.1, 0.15) is 25.0 Å². The molecule has 0 aliphatic rings. The SMILES string of the molecule is CC(C)CNCc1ccc(SCCN(C)C)c(C#N)c1. The van der Waals surface area contributed by atoms with Crippen LogP contribution in [0.3, 0.4) is 0 Å². The van der Waals surface area contributed by atoms with Gasteiger partial charge < -0.3 is 10.2 Å². The molecule has 0 saturated heterocycles. The zero-order chi connectivity index (χ0) is 15.0. The van der Waals surface area contributed by atoms with Crippen LogP contribution in [-0.4, -0.2) is 37.8 Å². The second kappa shape index (κ2) is 9.02. The molecule has 0 bridgehead atoms. The fourth-order valence-corrected chi connectivity index (χ4v) is 2.84. The number of nitrogens with one attached hydrogen (secondary N) is 1. The summed E-state index contributed by atoms with van der Waals surface area (Å²) >= 11 is 1.75. The van der Waals surface area contributed by atoms with Crippen LogP contribution in [0.2, 0.25) is 0 Å². The van der Waals surface area contributed by atoms with Crippen molar-refractivity contribution >= 4 is 11.8 Å². The first-order valence-electron chi connectivity index (χ1n) is 7.04. The lowest BCUT2D eigenvalue weighted by atomic mass is 10.1. The summed E-state index contributed by atoms with van der Waals surface area (Å²) in [6.07, 6.45) is 0. The summed E-state index contributed by atoms with van der Waals surface area (Å²) in [7, 11) is 4.13. The van der Waals surface area contributed by atoms with Crippen molar-refractivity contribution in [2.75, 3.05) is 32.9 Å². The number of rotatable bonds is 8. The number of benzene rings is 1. The lowest BCUT2D eigenvalue weighted by Crippen LogP contribution is -2.19. The Morgan fingerprint density at radius 2 is 2.10 bits per heavy atom. The molecule has 0 heterocycles. The molecule has 0 unspecified atom stereocenters. The van der Waals surface area contributed by atoms with E-state index in [2.05, 4.69) is 56.4 Å². The van der Waals surface area contributed by atoms with E-state index in [9.17, 15) is 5.26 Å². The van der Waals surface area contributed by atoms with Gasteiger partial charge in [-0.05, 0) is 44.3 Å². The molecule has 4 heteroatoms. The molecule has 110 valence electrons. The lowest BCUT2D eigenvalue weighted by molar-refractivity contribution is 0.437. The molecular weight excluding hydrogens is 266 g/mol. The van der Waals surface area contributed by atoms with Crippen molar-refractivity contribution in [1.82, 2.24) is 10.2 Å². The molecule has 0 saturated carbocycles. The van der Waals surface area contributed by atoms with E-state index < -0.39 is 0 Å². The molecule has 20 heavy (non-hydrogen) atoms. The fourth-order valence-electron chi connectivity index (χ4n) is 1.74. The quantitative estimate of drug-likeness (QED) is 0.748. The second-order valence-electron chi connectivity index (χ2n) is 5.62. The highest BCUT2D eigenvalue weighted by Crippen LogP contribution is 2.23. The van der Waals surface area contributed by atoms with E-state index in [-0.39, 0.29) is 0 Å². The van der Waals surface area contributed by atoms with Crippen molar-refractivity contribution in [2.45, 2.75) is 25.3 Å². The summed E-state index contributed by atoms with van der Waals surface area (Å²) in [6, 6.07) is 8.51. The summed E-state index contributed by atoms with van der Waals surface area (Å²) in [6.45, 7) is 7.24. The Hall–Kier alpha value is -1.02. The molecule has 0 aliphatic heterocycles. The zero-order valence-electron chi connectivity index (χ0n) is 12.9. The van der Waals surface area contributed by atoms with Gasteiger partial charge in [0, 0.05) is 23.7 Å². The highest BCUT2D eigenvalue weighted by molar-refractivity contribution is 7.99. The Morgan fingerprint density at radius 3 is 2.70 bits per heavy atom. The van der Waals surface area contributed by atoms with Crippen LogP contribution in [0, 0.1) is 17.2 Å². The van der Waals surface area contributed by atoms with Gasteiger partial charge in [-0.2, -0.15) is 5.26 Å². The van der Waals surface area contributed by atoms with Crippen LogP contribution in [0.15, 0.2) is 23.1 Å². The number of thioether (sulfide) groups is 1. The van der Waals surface area contributed by atoms with E-state index in [4.69, 9.17) is 0 Å². The molecule has 1 rings (SSSR count). The minimum absolute atomic E-state index is 0.645. The van der Waals surface area contributed by atoms with E-state index in [1.807, 2.05) is 6.07 Å². The average Bonchev–Trinajstić information content (AvgIpc) is 2.39. The van der Waals surface area contributed by atoms with Crippen molar-refractivity contribution in [2.24, 2.45) is 5.92 Å². The monoisotopic (exact) mass is 291 g/mol. The first-order valence-corrected chi connectivity index (χ1v) is 8.02. The van der Waals surface area contributed by atoms with Gasteiger partial charge in [-0.3, -0.25) is 0 Å². The van der Waals surface area contributed by atoms with Crippen molar-refractivity contribution in [3.63, 3.8) is 0 Å². The summed E-state index contributed by atoms with van der Waals surface area (Å²) in [5.74, 6) is 1.65. The van der Waals surface area contributed by atoms with E-state index in [1.165, 1.54) is 5.56 Å².